The Kier molecular flexibility index (Phi) is 5.53. The van der Waals surface area contributed by atoms with Crippen LogP contribution in [0.2, 0.25) is 0 Å². The minimum atomic E-state index is -0.378. The Morgan fingerprint density at radius 3 is 2.95 bits per heavy atom. The molecular formula is C13H14BrFIN3O. The molecule has 0 amide bonds. The fourth-order valence-corrected chi connectivity index (χ4v) is 3.29. The number of nitrogens with zero attached hydrogens (tertiary/aromatic N) is 2. The lowest BCUT2D eigenvalue weighted by Gasteiger charge is -2.17. The fourth-order valence-electron chi connectivity index (χ4n) is 1.94. The molecule has 0 saturated heterocycles. The van der Waals surface area contributed by atoms with E-state index in [9.17, 15) is 4.39 Å². The van der Waals surface area contributed by atoms with Crippen molar-refractivity contribution in [3.63, 3.8) is 0 Å². The first kappa shape index (κ1) is 15.9. The molecule has 1 atom stereocenters. The highest BCUT2D eigenvalue weighted by Gasteiger charge is 2.20. The maximum absolute atomic E-state index is 13.2. The number of halogens is 3. The van der Waals surface area contributed by atoms with Gasteiger partial charge in [-0.2, -0.15) is 5.10 Å². The molecule has 4 nitrogen and oxygen atoms in total. The lowest BCUT2D eigenvalue weighted by Crippen LogP contribution is -2.20. The maximum Gasteiger partial charge on any atom is 0.124 e. The van der Waals surface area contributed by atoms with Crippen LogP contribution < -0.4 is 5.73 Å². The van der Waals surface area contributed by atoms with Crippen molar-refractivity contribution >= 4 is 38.5 Å². The molecule has 0 spiro atoms. The number of hydrogen-bond donors (Lipinski definition) is 1. The van der Waals surface area contributed by atoms with Gasteiger partial charge in [0.2, 0.25) is 0 Å². The predicted molar refractivity (Wildman–Crippen MR) is 87.0 cm³/mol. The standard InChI is InChI=1S/C13H14BrFIN3O/c1-20-5-4-19-13(10(14)7-18-19)12(17)9-3-2-8(15)6-11(9)16/h2-3,6-7,12H,4-5,17H2,1H3. The highest BCUT2D eigenvalue weighted by Crippen LogP contribution is 2.29. The van der Waals surface area contributed by atoms with Gasteiger partial charge in [-0.25, -0.2) is 4.39 Å². The first-order chi connectivity index (χ1) is 9.54. The third-order valence-electron chi connectivity index (χ3n) is 2.93. The lowest BCUT2D eigenvalue weighted by molar-refractivity contribution is 0.182. The smallest absolute Gasteiger partial charge is 0.124 e. The summed E-state index contributed by atoms with van der Waals surface area (Å²) in [6.07, 6.45) is 1.71. The molecule has 1 unspecified atom stereocenters. The van der Waals surface area contributed by atoms with Gasteiger partial charge < -0.3 is 10.5 Å². The quantitative estimate of drug-likeness (QED) is 0.708. The van der Waals surface area contributed by atoms with Crippen molar-refractivity contribution in [2.75, 3.05) is 13.7 Å². The van der Waals surface area contributed by atoms with Gasteiger partial charge in [0.15, 0.2) is 0 Å². The third kappa shape index (κ3) is 3.38. The molecule has 1 aromatic carbocycles. The molecule has 2 aromatic rings. The summed E-state index contributed by atoms with van der Waals surface area (Å²) in [5.74, 6) is -0.266. The normalized spacial score (nSPS) is 12.7. The number of ether oxygens (including phenoxy) is 1. The van der Waals surface area contributed by atoms with E-state index >= 15 is 0 Å². The van der Waals surface area contributed by atoms with Gasteiger partial charge in [-0.15, -0.1) is 0 Å². The Bertz CT molecular complexity index is 605. The molecule has 2 rings (SSSR count). The van der Waals surface area contributed by atoms with Crippen LogP contribution in [0.4, 0.5) is 4.39 Å². The van der Waals surface area contributed by atoms with Crippen LogP contribution in [-0.2, 0) is 11.3 Å². The molecule has 1 heterocycles. The summed E-state index contributed by atoms with van der Waals surface area (Å²) in [6, 6.07) is 4.22. The third-order valence-corrected chi connectivity index (χ3v) is 4.48. The van der Waals surface area contributed by atoms with Crippen LogP contribution in [0.25, 0.3) is 0 Å². The summed E-state index contributed by atoms with van der Waals surface area (Å²) in [4.78, 5) is 0. The van der Waals surface area contributed by atoms with E-state index in [2.05, 4.69) is 43.6 Å². The topological polar surface area (TPSA) is 53.1 Å². The van der Waals surface area contributed by atoms with E-state index in [0.29, 0.717) is 13.2 Å². The molecule has 0 aliphatic carbocycles. The van der Waals surface area contributed by atoms with E-state index in [4.69, 9.17) is 10.5 Å². The van der Waals surface area contributed by atoms with Crippen LogP contribution in [0.5, 0.6) is 0 Å². The van der Waals surface area contributed by atoms with E-state index in [1.807, 2.05) is 0 Å². The monoisotopic (exact) mass is 453 g/mol. The highest BCUT2D eigenvalue weighted by molar-refractivity contribution is 14.1. The molecular weight excluding hydrogens is 440 g/mol. The SMILES string of the molecule is COCCn1ncc(Br)c1C(N)c1ccc(F)cc1I. The van der Waals surface area contributed by atoms with Gasteiger partial charge in [0, 0.05) is 10.7 Å². The molecule has 0 bridgehead atoms. The Morgan fingerprint density at radius 2 is 2.30 bits per heavy atom. The van der Waals surface area contributed by atoms with Crippen molar-refractivity contribution in [1.82, 2.24) is 9.78 Å². The zero-order valence-electron chi connectivity index (χ0n) is 10.8. The number of benzene rings is 1. The molecule has 0 aliphatic heterocycles. The second-order valence-electron chi connectivity index (χ2n) is 4.24. The van der Waals surface area contributed by atoms with Gasteiger partial charge in [0.1, 0.15) is 5.82 Å². The van der Waals surface area contributed by atoms with Crippen LogP contribution in [0, 0.1) is 9.39 Å². The first-order valence-electron chi connectivity index (χ1n) is 5.95. The van der Waals surface area contributed by atoms with E-state index < -0.39 is 0 Å². The maximum atomic E-state index is 13.2. The molecule has 0 fully saturated rings. The second-order valence-corrected chi connectivity index (χ2v) is 6.25. The summed E-state index contributed by atoms with van der Waals surface area (Å²) < 4.78 is 21.7. The molecule has 108 valence electrons. The van der Waals surface area contributed by atoms with Crippen LogP contribution in [0.3, 0.4) is 0 Å². The molecule has 0 radical (unpaired) electrons. The summed E-state index contributed by atoms with van der Waals surface area (Å²) >= 11 is 5.55. The van der Waals surface area contributed by atoms with E-state index in [0.717, 1.165) is 19.3 Å². The average Bonchev–Trinajstić information content (AvgIpc) is 2.77. The van der Waals surface area contributed by atoms with Crippen LogP contribution in [0.15, 0.2) is 28.9 Å². The van der Waals surface area contributed by atoms with Gasteiger partial charge in [0.25, 0.3) is 0 Å². The Hall–Kier alpha value is -0.510. The summed E-state index contributed by atoms with van der Waals surface area (Å²) in [5, 5.41) is 4.28. The van der Waals surface area contributed by atoms with Crippen molar-refractivity contribution in [3.8, 4) is 0 Å². The highest BCUT2D eigenvalue weighted by atomic mass is 127. The average molecular weight is 454 g/mol. The molecule has 0 aliphatic rings. The van der Waals surface area contributed by atoms with Crippen molar-refractivity contribution in [3.05, 3.63) is 49.5 Å². The number of aromatic nitrogens is 2. The number of methoxy groups -OCH3 is 1. The van der Waals surface area contributed by atoms with E-state index in [1.165, 1.54) is 12.1 Å². The van der Waals surface area contributed by atoms with Crippen molar-refractivity contribution in [2.24, 2.45) is 5.73 Å². The van der Waals surface area contributed by atoms with Crippen molar-refractivity contribution < 1.29 is 9.13 Å². The molecule has 2 N–H and O–H groups in total. The lowest BCUT2D eigenvalue weighted by atomic mass is 10.0. The van der Waals surface area contributed by atoms with Crippen LogP contribution in [0.1, 0.15) is 17.3 Å². The summed E-state index contributed by atoms with van der Waals surface area (Å²) in [6.45, 7) is 1.16. The number of nitrogens with two attached hydrogens (primary N) is 1. The Balaban J connectivity index is 2.37. The minimum absolute atomic E-state index is 0.266. The number of rotatable bonds is 5. The fraction of sp³-hybridized carbons (Fsp3) is 0.308. The molecule has 0 saturated carbocycles. The van der Waals surface area contributed by atoms with Gasteiger partial charge in [0.05, 0.1) is 35.6 Å². The second kappa shape index (κ2) is 6.97. The minimum Gasteiger partial charge on any atom is -0.383 e. The number of hydrogen-bond acceptors (Lipinski definition) is 3. The largest absolute Gasteiger partial charge is 0.383 e. The zero-order chi connectivity index (χ0) is 14.7. The Morgan fingerprint density at radius 1 is 1.55 bits per heavy atom. The molecule has 20 heavy (non-hydrogen) atoms. The Labute approximate surface area is 138 Å². The summed E-state index contributed by atoms with van der Waals surface area (Å²) in [5.41, 5.74) is 8.05. The van der Waals surface area contributed by atoms with Crippen LogP contribution in [-0.4, -0.2) is 23.5 Å². The van der Waals surface area contributed by atoms with Crippen molar-refractivity contribution in [2.45, 2.75) is 12.6 Å². The van der Waals surface area contributed by atoms with Gasteiger partial charge in [-0.3, -0.25) is 4.68 Å². The van der Waals surface area contributed by atoms with E-state index in [-0.39, 0.29) is 11.9 Å². The van der Waals surface area contributed by atoms with E-state index in [1.54, 1.807) is 24.1 Å². The molecule has 7 heteroatoms. The predicted octanol–water partition coefficient (Wildman–Crippen LogP) is 3.08. The first-order valence-corrected chi connectivity index (χ1v) is 7.82. The zero-order valence-corrected chi connectivity index (χ0v) is 14.6. The van der Waals surface area contributed by atoms with Gasteiger partial charge >= 0.3 is 0 Å². The van der Waals surface area contributed by atoms with Gasteiger partial charge in [-0.05, 0) is 56.2 Å². The molecule has 1 aromatic heterocycles. The van der Waals surface area contributed by atoms with Gasteiger partial charge in [-0.1, -0.05) is 6.07 Å². The van der Waals surface area contributed by atoms with Crippen molar-refractivity contribution in [1.29, 1.82) is 0 Å². The summed E-state index contributed by atoms with van der Waals surface area (Å²) in [7, 11) is 1.64. The van der Waals surface area contributed by atoms with Crippen LogP contribution >= 0.6 is 38.5 Å².